The van der Waals surface area contributed by atoms with Crippen molar-refractivity contribution in [2.75, 3.05) is 26.9 Å². The maximum atomic E-state index is 11.9. The highest BCUT2D eigenvalue weighted by molar-refractivity contribution is 5.77. The summed E-state index contributed by atoms with van der Waals surface area (Å²) in [6, 6.07) is 9.20. The van der Waals surface area contributed by atoms with Crippen molar-refractivity contribution < 1.29 is 14.3 Å². The fourth-order valence-electron chi connectivity index (χ4n) is 1.67. The fraction of sp³-hybridized carbons (Fsp3) is 0.500. The van der Waals surface area contributed by atoms with Crippen LogP contribution in [-0.4, -0.2) is 32.8 Å². The first-order valence-electron chi connectivity index (χ1n) is 6.23. The molecule has 0 aromatic heterocycles. The Morgan fingerprint density at radius 1 is 1.33 bits per heavy atom. The molecule has 4 heteroatoms. The average Bonchev–Trinajstić information content (AvgIpc) is 2.40. The van der Waals surface area contributed by atoms with E-state index in [1.54, 1.807) is 7.11 Å². The van der Waals surface area contributed by atoms with Gasteiger partial charge in [-0.25, -0.2) is 4.79 Å². The number of carbonyl (C=O) groups excluding carboxylic acids is 1. The SMILES string of the molecule is CCOC(=O)C(NCCCOC)c1ccccc1. The molecule has 18 heavy (non-hydrogen) atoms. The first-order valence-corrected chi connectivity index (χ1v) is 6.23. The van der Waals surface area contributed by atoms with Gasteiger partial charge in [0.25, 0.3) is 0 Å². The molecule has 0 bridgehead atoms. The second-order valence-corrected chi connectivity index (χ2v) is 3.90. The molecule has 0 spiro atoms. The third-order valence-corrected chi connectivity index (χ3v) is 2.53. The Morgan fingerprint density at radius 2 is 2.06 bits per heavy atom. The Balaban J connectivity index is 2.61. The highest BCUT2D eigenvalue weighted by Gasteiger charge is 2.20. The van der Waals surface area contributed by atoms with E-state index in [1.807, 2.05) is 37.3 Å². The number of esters is 1. The van der Waals surface area contributed by atoms with E-state index >= 15 is 0 Å². The zero-order chi connectivity index (χ0) is 13.2. The van der Waals surface area contributed by atoms with Gasteiger partial charge in [0.2, 0.25) is 0 Å². The Hall–Kier alpha value is -1.39. The summed E-state index contributed by atoms with van der Waals surface area (Å²) in [6.45, 7) is 3.59. The third kappa shape index (κ3) is 4.85. The van der Waals surface area contributed by atoms with Gasteiger partial charge in [0, 0.05) is 13.7 Å². The molecule has 1 aromatic carbocycles. The second-order valence-electron chi connectivity index (χ2n) is 3.90. The number of benzene rings is 1. The van der Waals surface area contributed by atoms with E-state index in [1.165, 1.54) is 0 Å². The molecule has 4 nitrogen and oxygen atoms in total. The number of nitrogens with one attached hydrogen (secondary N) is 1. The molecule has 1 unspecified atom stereocenters. The van der Waals surface area contributed by atoms with Crippen molar-refractivity contribution in [1.82, 2.24) is 5.32 Å². The Morgan fingerprint density at radius 3 is 2.67 bits per heavy atom. The van der Waals surface area contributed by atoms with E-state index in [2.05, 4.69) is 5.32 Å². The summed E-state index contributed by atoms with van der Waals surface area (Å²) < 4.78 is 10.1. The highest BCUT2D eigenvalue weighted by atomic mass is 16.5. The summed E-state index contributed by atoms with van der Waals surface area (Å²) in [5, 5.41) is 3.20. The van der Waals surface area contributed by atoms with Crippen molar-refractivity contribution in [3.63, 3.8) is 0 Å². The first-order chi connectivity index (χ1) is 8.79. The zero-order valence-corrected chi connectivity index (χ0v) is 11.0. The van der Waals surface area contributed by atoms with Crippen molar-refractivity contribution in [2.45, 2.75) is 19.4 Å². The highest BCUT2D eigenvalue weighted by Crippen LogP contribution is 2.14. The molecule has 0 amide bonds. The van der Waals surface area contributed by atoms with Crippen LogP contribution in [0.15, 0.2) is 30.3 Å². The van der Waals surface area contributed by atoms with Gasteiger partial charge in [-0.05, 0) is 25.5 Å². The van der Waals surface area contributed by atoms with Gasteiger partial charge in [0.05, 0.1) is 6.61 Å². The van der Waals surface area contributed by atoms with Crippen molar-refractivity contribution in [3.05, 3.63) is 35.9 Å². The third-order valence-electron chi connectivity index (χ3n) is 2.53. The molecule has 0 aliphatic heterocycles. The van der Waals surface area contributed by atoms with Crippen LogP contribution in [0.5, 0.6) is 0 Å². The minimum Gasteiger partial charge on any atom is -0.465 e. The normalized spacial score (nSPS) is 12.1. The van der Waals surface area contributed by atoms with Gasteiger partial charge in [-0.1, -0.05) is 30.3 Å². The lowest BCUT2D eigenvalue weighted by Crippen LogP contribution is -2.31. The van der Waals surface area contributed by atoms with Gasteiger partial charge in [-0.3, -0.25) is 0 Å². The number of rotatable bonds is 8. The van der Waals surface area contributed by atoms with Crippen molar-refractivity contribution >= 4 is 5.97 Å². The lowest BCUT2D eigenvalue weighted by molar-refractivity contribution is -0.145. The van der Waals surface area contributed by atoms with Gasteiger partial charge >= 0.3 is 5.97 Å². The summed E-state index contributed by atoms with van der Waals surface area (Å²) >= 11 is 0. The molecule has 0 aliphatic carbocycles. The molecule has 0 aliphatic rings. The predicted octanol–water partition coefficient (Wildman–Crippen LogP) is 1.92. The van der Waals surface area contributed by atoms with Crippen molar-refractivity contribution in [3.8, 4) is 0 Å². The lowest BCUT2D eigenvalue weighted by Gasteiger charge is -2.17. The summed E-state index contributed by atoms with van der Waals surface area (Å²) in [6.07, 6.45) is 0.860. The largest absolute Gasteiger partial charge is 0.465 e. The summed E-state index contributed by atoms with van der Waals surface area (Å²) in [7, 11) is 1.67. The van der Waals surface area contributed by atoms with Gasteiger partial charge < -0.3 is 14.8 Å². The Kier molecular flexibility index (Phi) is 7.06. The van der Waals surface area contributed by atoms with E-state index in [4.69, 9.17) is 9.47 Å². The summed E-state index contributed by atoms with van der Waals surface area (Å²) in [4.78, 5) is 11.9. The quantitative estimate of drug-likeness (QED) is 0.566. The van der Waals surface area contributed by atoms with Crippen LogP contribution >= 0.6 is 0 Å². The molecule has 1 atom stereocenters. The van der Waals surface area contributed by atoms with E-state index in [9.17, 15) is 4.79 Å². The maximum absolute atomic E-state index is 11.9. The fourth-order valence-corrected chi connectivity index (χ4v) is 1.67. The zero-order valence-electron chi connectivity index (χ0n) is 11.0. The van der Waals surface area contributed by atoms with Crippen molar-refractivity contribution in [2.24, 2.45) is 0 Å². The first kappa shape index (κ1) is 14.7. The monoisotopic (exact) mass is 251 g/mol. The molecule has 1 rings (SSSR count). The standard InChI is InChI=1S/C14H21NO3/c1-3-18-14(16)13(15-10-7-11-17-2)12-8-5-4-6-9-12/h4-6,8-9,13,15H,3,7,10-11H2,1-2H3. The Bertz CT molecular complexity index is 340. The minimum absolute atomic E-state index is 0.235. The smallest absolute Gasteiger partial charge is 0.327 e. The molecule has 0 radical (unpaired) electrons. The predicted molar refractivity (Wildman–Crippen MR) is 70.3 cm³/mol. The molecular weight excluding hydrogens is 230 g/mol. The van der Waals surface area contributed by atoms with E-state index in [-0.39, 0.29) is 5.97 Å². The topological polar surface area (TPSA) is 47.6 Å². The van der Waals surface area contributed by atoms with E-state index < -0.39 is 6.04 Å². The van der Waals surface area contributed by atoms with Crippen LogP contribution in [0.1, 0.15) is 24.9 Å². The summed E-state index contributed by atoms with van der Waals surface area (Å²) in [5.41, 5.74) is 0.924. The van der Waals surface area contributed by atoms with Crippen LogP contribution in [0.25, 0.3) is 0 Å². The van der Waals surface area contributed by atoms with Crippen LogP contribution in [-0.2, 0) is 14.3 Å². The number of carbonyl (C=O) groups is 1. The Labute approximate surface area is 108 Å². The number of methoxy groups -OCH3 is 1. The second kappa shape index (κ2) is 8.66. The molecule has 0 fully saturated rings. The molecule has 100 valence electrons. The maximum Gasteiger partial charge on any atom is 0.327 e. The number of hydrogen-bond donors (Lipinski definition) is 1. The minimum atomic E-state index is -0.400. The molecule has 0 heterocycles. The summed E-state index contributed by atoms with van der Waals surface area (Å²) in [5.74, 6) is -0.235. The van der Waals surface area contributed by atoms with E-state index in [0.717, 1.165) is 12.0 Å². The van der Waals surface area contributed by atoms with Crippen molar-refractivity contribution in [1.29, 1.82) is 0 Å². The van der Waals surface area contributed by atoms with Crippen LogP contribution in [0.4, 0.5) is 0 Å². The van der Waals surface area contributed by atoms with Gasteiger partial charge in [0.15, 0.2) is 0 Å². The van der Waals surface area contributed by atoms with Gasteiger partial charge in [-0.2, -0.15) is 0 Å². The molecule has 1 N–H and O–H groups in total. The average molecular weight is 251 g/mol. The van der Waals surface area contributed by atoms with Crippen LogP contribution in [0, 0.1) is 0 Å². The van der Waals surface area contributed by atoms with Crippen LogP contribution in [0.2, 0.25) is 0 Å². The van der Waals surface area contributed by atoms with Crippen LogP contribution in [0.3, 0.4) is 0 Å². The molecule has 1 aromatic rings. The number of hydrogen-bond acceptors (Lipinski definition) is 4. The van der Waals surface area contributed by atoms with Gasteiger partial charge in [-0.15, -0.1) is 0 Å². The van der Waals surface area contributed by atoms with E-state index in [0.29, 0.717) is 19.8 Å². The molecule has 0 saturated carbocycles. The number of ether oxygens (including phenoxy) is 2. The molecular formula is C14H21NO3. The molecule has 0 saturated heterocycles. The lowest BCUT2D eigenvalue weighted by atomic mass is 10.1. The van der Waals surface area contributed by atoms with Crippen LogP contribution < -0.4 is 5.32 Å². The van der Waals surface area contributed by atoms with Gasteiger partial charge in [0.1, 0.15) is 6.04 Å².